The summed E-state index contributed by atoms with van der Waals surface area (Å²) in [5.41, 5.74) is 6.33. The van der Waals surface area contributed by atoms with Gasteiger partial charge in [-0.05, 0) is 30.7 Å². The Balaban J connectivity index is 1.99. The van der Waals surface area contributed by atoms with E-state index in [1.807, 2.05) is 54.6 Å². The third kappa shape index (κ3) is 4.48. The van der Waals surface area contributed by atoms with Crippen molar-refractivity contribution >= 4 is 33.2 Å². The highest BCUT2D eigenvalue weighted by Gasteiger charge is 2.22. The maximum atomic E-state index is 12.8. The number of nitrogen functional groups attached to an aromatic ring is 1. The molecule has 0 unspecified atom stereocenters. The number of carbonyl (C=O) groups excluding carboxylic acids is 1. The van der Waals surface area contributed by atoms with Gasteiger partial charge >= 0.3 is 5.69 Å². The lowest BCUT2D eigenvalue weighted by atomic mass is 10.1. The predicted molar refractivity (Wildman–Crippen MR) is 118 cm³/mol. The number of Topliss-reactive ketones (excluding diaryl/α,β-unsaturated/α-hetero) is 1. The van der Waals surface area contributed by atoms with E-state index >= 15 is 0 Å². The van der Waals surface area contributed by atoms with Crippen LogP contribution in [0.25, 0.3) is 0 Å². The van der Waals surface area contributed by atoms with Crippen LogP contribution in [0.1, 0.15) is 22.8 Å². The van der Waals surface area contributed by atoms with Crippen LogP contribution in [0.3, 0.4) is 0 Å². The SMILES string of the molecule is CCn1c(=O)c(C(=O)CNc2cccc(Br)c2)c(N)n(Cc2ccccc2)c1=O. The molecule has 8 heteroatoms. The minimum Gasteiger partial charge on any atom is -0.384 e. The number of hydrogen-bond donors (Lipinski definition) is 2. The topological polar surface area (TPSA) is 99.1 Å². The van der Waals surface area contributed by atoms with Gasteiger partial charge in [-0.2, -0.15) is 0 Å². The number of carbonyl (C=O) groups is 1. The van der Waals surface area contributed by atoms with Gasteiger partial charge in [0.15, 0.2) is 5.78 Å². The van der Waals surface area contributed by atoms with Gasteiger partial charge in [0.25, 0.3) is 5.56 Å². The average Bonchev–Trinajstić information content (AvgIpc) is 2.71. The summed E-state index contributed by atoms with van der Waals surface area (Å²) >= 11 is 3.37. The molecule has 0 amide bonds. The van der Waals surface area contributed by atoms with Crippen molar-refractivity contribution in [3.8, 4) is 0 Å². The molecule has 150 valence electrons. The molecule has 3 aromatic rings. The Morgan fingerprint density at radius 3 is 2.45 bits per heavy atom. The molecule has 29 heavy (non-hydrogen) atoms. The monoisotopic (exact) mass is 456 g/mol. The zero-order valence-corrected chi connectivity index (χ0v) is 17.5. The summed E-state index contributed by atoms with van der Waals surface area (Å²) < 4.78 is 3.16. The Morgan fingerprint density at radius 1 is 1.07 bits per heavy atom. The molecule has 0 fully saturated rings. The third-order valence-corrected chi connectivity index (χ3v) is 5.02. The van der Waals surface area contributed by atoms with E-state index in [-0.39, 0.29) is 31.0 Å². The van der Waals surface area contributed by atoms with Crippen molar-refractivity contribution in [1.29, 1.82) is 0 Å². The second-order valence-corrected chi connectivity index (χ2v) is 7.37. The molecule has 3 N–H and O–H groups in total. The highest BCUT2D eigenvalue weighted by molar-refractivity contribution is 9.10. The van der Waals surface area contributed by atoms with Crippen LogP contribution in [0.15, 0.2) is 68.7 Å². The first-order valence-electron chi connectivity index (χ1n) is 9.12. The summed E-state index contributed by atoms with van der Waals surface area (Å²) in [6, 6.07) is 16.6. The molecular weight excluding hydrogens is 436 g/mol. The number of hydrogen-bond acceptors (Lipinski definition) is 5. The van der Waals surface area contributed by atoms with Crippen molar-refractivity contribution < 1.29 is 4.79 Å². The van der Waals surface area contributed by atoms with Crippen LogP contribution in [-0.2, 0) is 13.1 Å². The summed E-state index contributed by atoms with van der Waals surface area (Å²) in [6.07, 6.45) is 0. The molecule has 0 saturated heterocycles. The molecule has 2 aromatic carbocycles. The first-order chi connectivity index (χ1) is 13.9. The number of nitrogens with zero attached hydrogens (tertiary/aromatic N) is 2. The fourth-order valence-corrected chi connectivity index (χ4v) is 3.44. The quantitative estimate of drug-likeness (QED) is 0.532. The first-order valence-corrected chi connectivity index (χ1v) is 9.91. The highest BCUT2D eigenvalue weighted by Crippen LogP contribution is 2.16. The second-order valence-electron chi connectivity index (χ2n) is 6.45. The highest BCUT2D eigenvalue weighted by atomic mass is 79.9. The van der Waals surface area contributed by atoms with Crippen LogP contribution >= 0.6 is 15.9 Å². The van der Waals surface area contributed by atoms with Gasteiger partial charge in [-0.1, -0.05) is 52.3 Å². The predicted octanol–water partition coefficient (Wildman–Crippen LogP) is 2.72. The van der Waals surface area contributed by atoms with E-state index in [4.69, 9.17) is 5.73 Å². The van der Waals surface area contributed by atoms with Crippen molar-refractivity contribution in [2.24, 2.45) is 0 Å². The fourth-order valence-electron chi connectivity index (χ4n) is 3.04. The minimum atomic E-state index is -0.666. The summed E-state index contributed by atoms with van der Waals surface area (Å²) in [7, 11) is 0. The van der Waals surface area contributed by atoms with Gasteiger partial charge in [0, 0.05) is 16.7 Å². The summed E-state index contributed by atoms with van der Waals surface area (Å²) in [4.78, 5) is 38.4. The summed E-state index contributed by atoms with van der Waals surface area (Å²) in [6.45, 7) is 1.88. The van der Waals surface area contributed by atoms with E-state index in [9.17, 15) is 14.4 Å². The molecule has 0 aliphatic heterocycles. The van der Waals surface area contributed by atoms with E-state index in [1.165, 1.54) is 4.57 Å². The molecule has 1 heterocycles. The molecule has 1 aromatic heterocycles. The number of aromatic nitrogens is 2. The van der Waals surface area contributed by atoms with Crippen LogP contribution in [-0.4, -0.2) is 21.5 Å². The number of halogens is 1. The summed E-state index contributed by atoms with van der Waals surface area (Å²) in [5, 5.41) is 2.99. The van der Waals surface area contributed by atoms with Crippen LogP contribution in [0, 0.1) is 0 Å². The van der Waals surface area contributed by atoms with Gasteiger partial charge in [-0.3, -0.25) is 18.7 Å². The lowest BCUT2D eigenvalue weighted by Gasteiger charge is -2.16. The van der Waals surface area contributed by atoms with E-state index in [1.54, 1.807) is 6.92 Å². The smallest absolute Gasteiger partial charge is 0.332 e. The number of benzene rings is 2. The number of anilines is 2. The fraction of sp³-hybridized carbons (Fsp3) is 0.190. The molecule has 0 aliphatic rings. The molecule has 0 bridgehead atoms. The Kier molecular flexibility index (Phi) is 6.33. The largest absolute Gasteiger partial charge is 0.384 e. The van der Waals surface area contributed by atoms with Gasteiger partial charge in [-0.15, -0.1) is 0 Å². The van der Waals surface area contributed by atoms with Crippen LogP contribution in [0.2, 0.25) is 0 Å². The molecule has 0 spiro atoms. The van der Waals surface area contributed by atoms with E-state index < -0.39 is 17.0 Å². The molecule has 7 nitrogen and oxygen atoms in total. The molecule has 0 atom stereocenters. The Labute approximate surface area is 175 Å². The average molecular weight is 457 g/mol. The number of nitrogens with one attached hydrogen (secondary N) is 1. The zero-order chi connectivity index (χ0) is 21.0. The van der Waals surface area contributed by atoms with Crippen molar-refractivity contribution in [2.45, 2.75) is 20.0 Å². The van der Waals surface area contributed by atoms with Crippen LogP contribution in [0.5, 0.6) is 0 Å². The molecule has 0 aliphatic carbocycles. The Bertz CT molecular complexity index is 1150. The zero-order valence-electron chi connectivity index (χ0n) is 15.9. The lowest BCUT2D eigenvalue weighted by Crippen LogP contribution is -2.44. The van der Waals surface area contributed by atoms with E-state index in [0.29, 0.717) is 0 Å². The Morgan fingerprint density at radius 2 is 1.79 bits per heavy atom. The van der Waals surface area contributed by atoms with Gasteiger partial charge < -0.3 is 11.1 Å². The molecular formula is C21H21BrN4O3. The minimum absolute atomic E-state index is 0.116. The van der Waals surface area contributed by atoms with Crippen molar-refractivity contribution in [1.82, 2.24) is 9.13 Å². The molecule has 3 rings (SSSR count). The van der Waals surface area contributed by atoms with Crippen molar-refractivity contribution in [3.63, 3.8) is 0 Å². The third-order valence-electron chi connectivity index (χ3n) is 4.52. The summed E-state index contributed by atoms with van der Waals surface area (Å²) in [5.74, 6) is -0.592. The van der Waals surface area contributed by atoms with E-state index in [0.717, 1.165) is 20.3 Å². The van der Waals surface area contributed by atoms with Gasteiger partial charge in [-0.25, -0.2) is 4.79 Å². The van der Waals surface area contributed by atoms with Crippen LogP contribution < -0.4 is 22.3 Å². The standard InChI is InChI=1S/C21H21BrN4O3/c1-2-25-20(28)18(17(27)12-24-16-10-6-9-15(22)11-16)19(23)26(21(25)29)13-14-7-4-3-5-8-14/h3-11,24H,2,12-13,23H2,1H3. The van der Waals surface area contributed by atoms with Crippen molar-refractivity contribution in [2.75, 3.05) is 17.6 Å². The molecule has 0 saturated carbocycles. The lowest BCUT2D eigenvalue weighted by molar-refractivity contribution is 0.100. The maximum Gasteiger partial charge on any atom is 0.332 e. The Hall–Kier alpha value is -3.13. The van der Waals surface area contributed by atoms with Gasteiger partial charge in [0.2, 0.25) is 0 Å². The van der Waals surface area contributed by atoms with Gasteiger partial charge in [0.05, 0.1) is 13.1 Å². The van der Waals surface area contributed by atoms with Crippen LogP contribution in [0.4, 0.5) is 11.5 Å². The normalized spacial score (nSPS) is 10.7. The number of rotatable bonds is 7. The number of ketones is 1. The molecule has 0 radical (unpaired) electrons. The number of nitrogens with two attached hydrogens (primary N) is 1. The van der Waals surface area contributed by atoms with Gasteiger partial charge in [0.1, 0.15) is 11.4 Å². The first kappa shape index (κ1) is 20.6. The van der Waals surface area contributed by atoms with E-state index in [2.05, 4.69) is 21.2 Å². The maximum absolute atomic E-state index is 12.8. The van der Waals surface area contributed by atoms with Crippen molar-refractivity contribution in [3.05, 3.63) is 91.0 Å². The second kappa shape index (κ2) is 8.91.